The largest absolute Gasteiger partial charge is 0.481 e. The van der Waals surface area contributed by atoms with E-state index in [2.05, 4.69) is 58.2 Å². The number of nitrogens with one attached hydrogen (secondary N) is 10. The maximum absolute atomic E-state index is 12.7. The van der Waals surface area contributed by atoms with Crippen molar-refractivity contribution >= 4 is 107 Å². The summed E-state index contributed by atoms with van der Waals surface area (Å²) < 4.78 is 16.1. The number of aryl methyl sites for hydroxylation is 2. The maximum Gasteiger partial charge on any atom is 0.329 e. The molecule has 616 valence electrons. The molecule has 0 aliphatic carbocycles. The zero-order valence-corrected chi connectivity index (χ0v) is 64.3. The SMILES string of the molecule is C.CC.CC(C)(C)OC(=O)CC[C@H](NC(=O)N[C@@H](CCCCN)C(=O)OC(C)(C)C)C(=O)OC(C)(C)C.Cc1ccc(NC(=O)NCCCC[C@H](NC(=O)N[C@@H](CCC(=O)O)C(=O)O)C(=O)O)cc1.Cc1ccc(NC(=O)NCCCC[C@H](NC(=O)N[C@@H](CCC(=O)O)C(=O)O)C(=O)O)cc1.O=C=Nc1ccccc1. The highest BCUT2D eigenvalue weighted by Crippen LogP contribution is 2.17. The van der Waals surface area contributed by atoms with Crippen LogP contribution in [0.1, 0.15) is 191 Å². The van der Waals surface area contributed by atoms with Gasteiger partial charge in [-0.25, -0.2) is 57.5 Å². The van der Waals surface area contributed by atoms with Crippen molar-refractivity contribution < 1.29 is 117 Å². The average molecular weight is 1560 g/mol. The van der Waals surface area contributed by atoms with Gasteiger partial charge in [0.25, 0.3) is 0 Å². The minimum absolute atomic E-state index is 0. The van der Waals surface area contributed by atoms with Crippen LogP contribution in [0, 0.1) is 13.8 Å². The molecule has 0 saturated heterocycles. The van der Waals surface area contributed by atoms with Gasteiger partial charge < -0.3 is 104 Å². The van der Waals surface area contributed by atoms with Gasteiger partial charge in [0.1, 0.15) is 53.1 Å². The Morgan fingerprint density at radius 1 is 0.409 bits per heavy atom. The zero-order chi connectivity index (χ0) is 83.5. The lowest BCUT2D eigenvalue weighted by Gasteiger charge is -2.27. The third kappa shape index (κ3) is 55.1. The second-order valence-corrected chi connectivity index (χ2v) is 26.9. The predicted octanol–water partition coefficient (Wildman–Crippen LogP) is 8.99. The molecule has 3 aromatic carbocycles. The molecule has 0 heterocycles. The lowest BCUT2D eigenvalue weighted by molar-refractivity contribution is -0.159. The lowest BCUT2D eigenvalue weighted by atomic mass is 10.1. The fourth-order valence-corrected chi connectivity index (χ4v) is 8.56. The smallest absolute Gasteiger partial charge is 0.329 e. The Kier molecular flexibility index (Phi) is 52.2. The van der Waals surface area contributed by atoms with Gasteiger partial charge in [-0.3, -0.25) is 14.4 Å². The van der Waals surface area contributed by atoms with E-state index in [1.54, 1.807) is 98.7 Å². The molecule has 0 unspecified atom stereocenters. The number of carbonyl (C=O) groups excluding carboxylic acids is 9. The molecule has 0 fully saturated rings. The first-order valence-corrected chi connectivity index (χ1v) is 35.2. The zero-order valence-electron chi connectivity index (χ0n) is 64.3. The van der Waals surface area contributed by atoms with E-state index in [1.807, 2.05) is 70.2 Å². The fourth-order valence-electron chi connectivity index (χ4n) is 8.56. The molecule has 10 amide bonds. The van der Waals surface area contributed by atoms with Crippen LogP contribution in [0.4, 0.5) is 41.0 Å². The van der Waals surface area contributed by atoms with Crippen LogP contribution in [-0.4, -0.2) is 193 Å². The third-order valence-corrected chi connectivity index (χ3v) is 13.7. The molecule has 110 heavy (non-hydrogen) atoms. The molecule has 18 N–H and O–H groups in total. The lowest BCUT2D eigenvalue weighted by Crippen LogP contribution is -2.53. The number of benzene rings is 3. The molecule has 0 radical (unpaired) electrons. The van der Waals surface area contributed by atoms with Crippen molar-refractivity contribution in [1.29, 1.82) is 0 Å². The highest BCUT2D eigenvalue weighted by atomic mass is 16.6. The van der Waals surface area contributed by atoms with Crippen LogP contribution >= 0.6 is 0 Å². The first kappa shape index (κ1) is 103. The number of carboxylic acids is 6. The monoisotopic (exact) mass is 1560 g/mol. The van der Waals surface area contributed by atoms with E-state index in [9.17, 15) is 82.1 Å². The van der Waals surface area contributed by atoms with E-state index in [0.29, 0.717) is 68.6 Å². The van der Waals surface area contributed by atoms with Gasteiger partial charge in [-0.15, -0.1) is 0 Å². The van der Waals surface area contributed by atoms with Crippen molar-refractivity contribution in [3.8, 4) is 0 Å². The molecular formula is C74H116N12O24. The predicted molar refractivity (Wildman–Crippen MR) is 408 cm³/mol. The molecule has 36 nitrogen and oxygen atoms in total. The summed E-state index contributed by atoms with van der Waals surface area (Å²) in [4.78, 5) is 177. The Morgan fingerprint density at radius 3 is 1.02 bits per heavy atom. The number of para-hydroxylation sites is 1. The Balaban J connectivity index is -0.00000145. The first-order valence-electron chi connectivity index (χ1n) is 35.2. The summed E-state index contributed by atoms with van der Waals surface area (Å²) in [7, 11) is 0. The second-order valence-electron chi connectivity index (χ2n) is 26.9. The molecule has 36 heteroatoms. The average Bonchev–Trinajstić information content (AvgIpc) is 0.901. The molecular weight excluding hydrogens is 1440 g/mol. The van der Waals surface area contributed by atoms with E-state index in [-0.39, 0.29) is 59.0 Å². The summed E-state index contributed by atoms with van der Waals surface area (Å²) in [5.41, 5.74) is 7.38. The number of carbonyl (C=O) groups is 14. The molecule has 0 aliphatic rings. The summed E-state index contributed by atoms with van der Waals surface area (Å²) in [5.74, 6) is -9.68. The Hall–Kier alpha value is -11.4. The summed E-state index contributed by atoms with van der Waals surface area (Å²) in [6.45, 7) is 24.4. The van der Waals surface area contributed by atoms with Crippen LogP contribution in [0.3, 0.4) is 0 Å². The second kappa shape index (κ2) is 55.9. The number of nitrogens with two attached hydrogens (primary N) is 1. The number of aliphatic imine (C=N–C) groups is 1. The summed E-state index contributed by atoms with van der Waals surface area (Å²) in [6.07, 6.45) is 3.06. The number of nitrogens with zero attached hydrogens (tertiary/aromatic N) is 1. The molecule has 0 spiro atoms. The molecule has 3 rings (SSSR count). The van der Waals surface area contributed by atoms with Crippen molar-refractivity contribution in [3.63, 3.8) is 0 Å². The van der Waals surface area contributed by atoms with Gasteiger partial charge >= 0.3 is 83.9 Å². The summed E-state index contributed by atoms with van der Waals surface area (Å²) >= 11 is 0. The van der Waals surface area contributed by atoms with Crippen molar-refractivity contribution in [2.24, 2.45) is 10.7 Å². The number of urea groups is 5. The van der Waals surface area contributed by atoms with Crippen molar-refractivity contribution in [2.45, 2.75) is 247 Å². The van der Waals surface area contributed by atoms with Gasteiger partial charge in [-0.1, -0.05) is 74.9 Å². The molecule has 0 saturated carbocycles. The topological polar surface area (TPSA) is 564 Å². The molecule has 0 bridgehead atoms. The number of ether oxygens (including phenoxy) is 3. The number of isocyanates is 1. The van der Waals surface area contributed by atoms with Gasteiger partial charge in [0.15, 0.2) is 0 Å². The number of unbranched alkanes of at least 4 members (excludes halogenated alkanes) is 3. The molecule has 0 aliphatic heterocycles. The number of amides is 10. The van der Waals surface area contributed by atoms with Crippen LogP contribution in [0.2, 0.25) is 0 Å². The number of esters is 3. The number of rotatable bonds is 38. The molecule has 3 aromatic rings. The number of hydrogen-bond acceptors (Lipinski definition) is 20. The van der Waals surface area contributed by atoms with Crippen molar-refractivity contribution in [2.75, 3.05) is 30.3 Å². The Morgan fingerprint density at radius 2 is 0.709 bits per heavy atom. The van der Waals surface area contributed by atoms with Crippen molar-refractivity contribution in [3.05, 3.63) is 90.0 Å². The number of carboxylic acid groups (broad SMARTS) is 6. The van der Waals surface area contributed by atoms with Crippen LogP contribution in [0.25, 0.3) is 0 Å². The highest BCUT2D eigenvalue weighted by Gasteiger charge is 2.32. The number of aliphatic carboxylic acids is 6. The Labute approximate surface area is 641 Å². The van der Waals surface area contributed by atoms with Gasteiger partial charge in [-0.2, -0.15) is 4.99 Å². The van der Waals surface area contributed by atoms with E-state index >= 15 is 0 Å². The van der Waals surface area contributed by atoms with Gasteiger partial charge in [-0.05, 0) is 196 Å². The number of anilines is 2. The first-order chi connectivity index (χ1) is 50.9. The molecule has 6 atom stereocenters. The van der Waals surface area contributed by atoms with Gasteiger partial charge in [0.2, 0.25) is 6.08 Å². The minimum Gasteiger partial charge on any atom is -0.481 e. The van der Waals surface area contributed by atoms with E-state index in [4.69, 9.17) is 40.4 Å². The normalized spacial score (nSPS) is 12.1. The summed E-state index contributed by atoms with van der Waals surface area (Å²) in [6, 6.07) is 12.4. The summed E-state index contributed by atoms with van der Waals surface area (Å²) in [5, 5.41) is 78.0. The molecule has 0 aromatic heterocycles. The van der Waals surface area contributed by atoms with E-state index in [1.165, 1.54) is 6.08 Å². The maximum atomic E-state index is 12.7. The van der Waals surface area contributed by atoms with Gasteiger partial charge in [0.05, 0.1) is 5.69 Å². The van der Waals surface area contributed by atoms with Crippen LogP contribution in [0.15, 0.2) is 83.9 Å². The quantitative estimate of drug-likeness (QED) is 0.00836. The van der Waals surface area contributed by atoms with Gasteiger partial charge in [0, 0.05) is 43.7 Å². The van der Waals surface area contributed by atoms with E-state index < -0.39 is 150 Å². The fraction of sp³-hybridized carbons (Fsp3) is 0.554. The standard InChI is InChI=1S/C24H45N3O7.2C20H28N4O8.C7H5NO.C2H6.CH4/c1-22(2,3)32-18(28)14-13-17(20(30)34-24(7,8)9)27-21(31)26-16(12-10-11-15-25)19(29)33-23(4,5)6;2*1-12-5-7-13(8-6-12)22-19(31)21-11-3-2-4-14(17(27)28)23-20(32)24-15(18(29)30)9-10-16(25)26;9-6-8-7-4-2-1-3-5-7;1-2;/h16-17H,10-15,25H2,1-9H3,(H2,26,27,31);2*5-8,14-15H,2-4,9-11H2,1H3,(H,25,26)(H,27,28)(H,29,30)(H2,21,22,31)(H2,23,24,32);1-5H;1-2H3;1H4/t16-,17-;2*14-,15-;;;/m000.../s1. The van der Waals surface area contributed by atoms with E-state index in [0.717, 1.165) is 11.1 Å². The van der Waals surface area contributed by atoms with Crippen LogP contribution < -0.4 is 58.9 Å². The third-order valence-electron chi connectivity index (χ3n) is 13.7. The Bertz CT molecular complexity index is 3250. The van der Waals surface area contributed by atoms with Crippen molar-refractivity contribution in [1.82, 2.24) is 42.5 Å². The van der Waals surface area contributed by atoms with Crippen LogP contribution in [0.5, 0.6) is 0 Å². The minimum atomic E-state index is -1.46. The number of hydrogen-bond donors (Lipinski definition) is 17. The van der Waals surface area contributed by atoms with Crippen LogP contribution in [-0.2, 0) is 62.2 Å². The highest BCUT2D eigenvalue weighted by molar-refractivity contribution is 5.91.